The summed E-state index contributed by atoms with van der Waals surface area (Å²) >= 11 is 0. The largest absolute Gasteiger partial charge is 0.370 e. The van der Waals surface area contributed by atoms with Gasteiger partial charge in [-0.3, -0.25) is 4.79 Å². The molecular weight excluding hydrogens is 268 g/mol. The van der Waals surface area contributed by atoms with Gasteiger partial charge in [-0.15, -0.1) is 0 Å². The molecule has 1 heterocycles. The average molecular weight is 288 g/mol. The Balaban J connectivity index is 1.67. The lowest BCUT2D eigenvalue weighted by atomic mass is 10.1. The number of aromatic nitrogens is 2. The van der Waals surface area contributed by atoms with Crippen LogP contribution in [-0.2, 0) is 17.8 Å². The lowest BCUT2D eigenvalue weighted by Gasteiger charge is -2.00. The number of nitrogens with zero attached hydrogens (tertiary/aromatic N) is 2. The standard InChI is InChI=1S/C15H20N4O2/c16-13(20)8-4-5-9-17-11-15-18-14(19-21-15)10-12-6-2-1-3-7-12/h1-3,6-7,17H,4-5,8-11H2,(H2,16,20). The predicted octanol–water partition coefficient (Wildman–Crippen LogP) is 1.41. The summed E-state index contributed by atoms with van der Waals surface area (Å²) in [6.07, 6.45) is 2.80. The van der Waals surface area contributed by atoms with Crippen LogP contribution < -0.4 is 11.1 Å². The summed E-state index contributed by atoms with van der Waals surface area (Å²) in [5.41, 5.74) is 6.23. The maximum absolute atomic E-state index is 10.6. The lowest BCUT2D eigenvalue weighted by molar-refractivity contribution is -0.118. The predicted molar refractivity (Wildman–Crippen MR) is 78.3 cm³/mol. The number of nitrogens with two attached hydrogens (primary N) is 1. The van der Waals surface area contributed by atoms with Gasteiger partial charge in [-0.05, 0) is 24.9 Å². The number of primary amides is 1. The fraction of sp³-hybridized carbons (Fsp3) is 0.400. The van der Waals surface area contributed by atoms with Crippen molar-refractivity contribution >= 4 is 5.91 Å². The smallest absolute Gasteiger partial charge is 0.240 e. The van der Waals surface area contributed by atoms with Gasteiger partial charge in [0.25, 0.3) is 0 Å². The zero-order valence-corrected chi connectivity index (χ0v) is 11.9. The van der Waals surface area contributed by atoms with Crippen LogP contribution in [0.2, 0.25) is 0 Å². The van der Waals surface area contributed by atoms with Crippen LogP contribution in [0.1, 0.15) is 36.5 Å². The van der Waals surface area contributed by atoms with Crippen molar-refractivity contribution < 1.29 is 9.32 Å². The number of unbranched alkanes of at least 4 members (excludes halogenated alkanes) is 1. The molecule has 1 aromatic carbocycles. The van der Waals surface area contributed by atoms with Crippen LogP contribution >= 0.6 is 0 Å². The molecule has 6 nitrogen and oxygen atoms in total. The Hall–Kier alpha value is -2.21. The third-order valence-electron chi connectivity index (χ3n) is 3.02. The maximum atomic E-state index is 10.6. The second-order valence-corrected chi connectivity index (χ2v) is 4.87. The molecular formula is C15H20N4O2. The minimum absolute atomic E-state index is 0.252. The Bertz CT molecular complexity index is 554. The van der Waals surface area contributed by atoms with E-state index in [0.29, 0.717) is 31.1 Å². The molecule has 0 saturated heterocycles. The van der Waals surface area contributed by atoms with Crippen molar-refractivity contribution in [3.05, 3.63) is 47.6 Å². The van der Waals surface area contributed by atoms with Crippen LogP contribution in [0.3, 0.4) is 0 Å². The molecule has 2 rings (SSSR count). The van der Waals surface area contributed by atoms with Gasteiger partial charge in [-0.25, -0.2) is 0 Å². The lowest BCUT2D eigenvalue weighted by Crippen LogP contribution is -2.16. The van der Waals surface area contributed by atoms with E-state index >= 15 is 0 Å². The Kier molecular flexibility index (Phi) is 5.90. The van der Waals surface area contributed by atoms with E-state index in [1.165, 1.54) is 0 Å². The molecule has 0 aliphatic rings. The van der Waals surface area contributed by atoms with Gasteiger partial charge < -0.3 is 15.6 Å². The maximum Gasteiger partial charge on any atom is 0.240 e. The molecule has 0 aliphatic carbocycles. The van der Waals surface area contributed by atoms with Crippen molar-refractivity contribution in [3.63, 3.8) is 0 Å². The van der Waals surface area contributed by atoms with E-state index in [2.05, 4.69) is 15.5 Å². The Morgan fingerprint density at radius 2 is 2.05 bits per heavy atom. The number of hydrogen-bond donors (Lipinski definition) is 2. The zero-order valence-electron chi connectivity index (χ0n) is 11.9. The van der Waals surface area contributed by atoms with Crippen LogP contribution in [0.5, 0.6) is 0 Å². The third-order valence-corrected chi connectivity index (χ3v) is 3.02. The Labute approximate surface area is 123 Å². The molecule has 0 aliphatic heterocycles. The van der Waals surface area contributed by atoms with Gasteiger partial charge in [0.15, 0.2) is 5.82 Å². The Morgan fingerprint density at radius 3 is 2.81 bits per heavy atom. The summed E-state index contributed by atoms with van der Waals surface area (Å²) in [6.45, 7) is 1.34. The monoisotopic (exact) mass is 288 g/mol. The van der Waals surface area contributed by atoms with Crippen LogP contribution in [0.15, 0.2) is 34.9 Å². The minimum atomic E-state index is -0.252. The van der Waals surface area contributed by atoms with Crippen molar-refractivity contribution in [1.82, 2.24) is 15.5 Å². The van der Waals surface area contributed by atoms with Gasteiger partial charge in [0.2, 0.25) is 11.8 Å². The van der Waals surface area contributed by atoms with Crippen molar-refractivity contribution in [2.45, 2.75) is 32.2 Å². The first kappa shape index (κ1) is 15.2. The first-order valence-electron chi connectivity index (χ1n) is 7.08. The second kappa shape index (κ2) is 8.16. The summed E-state index contributed by atoms with van der Waals surface area (Å²) < 4.78 is 5.18. The van der Waals surface area contributed by atoms with E-state index in [1.54, 1.807) is 0 Å². The highest BCUT2D eigenvalue weighted by Crippen LogP contribution is 2.06. The molecule has 2 aromatic rings. The van der Waals surface area contributed by atoms with Crippen molar-refractivity contribution in [3.8, 4) is 0 Å². The van der Waals surface area contributed by atoms with Crippen LogP contribution in [0, 0.1) is 0 Å². The zero-order chi connectivity index (χ0) is 14.9. The van der Waals surface area contributed by atoms with Crippen molar-refractivity contribution in [2.24, 2.45) is 5.73 Å². The van der Waals surface area contributed by atoms with E-state index in [4.69, 9.17) is 10.3 Å². The van der Waals surface area contributed by atoms with Crippen LogP contribution in [0.25, 0.3) is 0 Å². The molecule has 0 saturated carbocycles. The molecule has 0 fully saturated rings. The molecule has 1 aromatic heterocycles. The molecule has 112 valence electrons. The number of amides is 1. The summed E-state index contributed by atoms with van der Waals surface area (Å²) in [7, 11) is 0. The number of rotatable bonds is 9. The summed E-state index contributed by atoms with van der Waals surface area (Å²) in [4.78, 5) is 14.9. The highest BCUT2D eigenvalue weighted by Gasteiger charge is 2.06. The fourth-order valence-electron chi connectivity index (χ4n) is 1.96. The molecule has 0 radical (unpaired) electrons. The van der Waals surface area contributed by atoms with Gasteiger partial charge in [-0.1, -0.05) is 35.5 Å². The van der Waals surface area contributed by atoms with Crippen molar-refractivity contribution in [2.75, 3.05) is 6.54 Å². The van der Waals surface area contributed by atoms with E-state index in [-0.39, 0.29) is 5.91 Å². The van der Waals surface area contributed by atoms with E-state index < -0.39 is 0 Å². The number of benzene rings is 1. The topological polar surface area (TPSA) is 94.0 Å². The van der Waals surface area contributed by atoms with Gasteiger partial charge in [-0.2, -0.15) is 4.98 Å². The molecule has 3 N–H and O–H groups in total. The normalized spacial score (nSPS) is 10.7. The fourth-order valence-corrected chi connectivity index (χ4v) is 1.96. The van der Waals surface area contributed by atoms with E-state index in [0.717, 1.165) is 24.9 Å². The number of carbonyl (C=O) groups excluding carboxylic acids is 1. The van der Waals surface area contributed by atoms with Crippen molar-refractivity contribution in [1.29, 1.82) is 0 Å². The highest BCUT2D eigenvalue weighted by molar-refractivity contribution is 5.73. The van der Waals surface area contributed by atoms with Crippen LogP contribution in [0.4, 0.5) is 0 Å². The van der Waals surface area contributed by atoms with Gasteiger partial charge in [0, 0.05) is 12.8 Å². The molecule has 0 spiro atoms. The molecule has 21 heavy (non-hydrogen) atoms. The minimum Gasteiger partial charge on any atom is -0.370 e. The SMILES string of the molecule is NC(=O)CCCCNCc1nc(Cc2ccccc2)no1. The van der Waals surface area contributed by atoms with Gasteiger partial charge in [0.05, 0.1) is 6.54 Å². The molecule has 0 unspecified atom stereocenters. The molecule has 0 bridgehead atoms. The highest BCUT2D eigenvalue weighted by atomic mass is 16.5. The summed E-state index contributed by atoms with van der Waals surface area (Å²) in [6, 6.07) is 10.0. The first-order chi connectivity index (χ1) is 10.2. The molecule has 0 atom stereocenters. The van der Waals surface area contributed by atoms with E-state index in [9.17, 15) is 4.79 Å². The molecule has 6 heteroatoms. The third kappa shape index (κ3) is 5.74. The summed E-state index contributed by atoms with van der Waals surface area (Å²) in [5, 5.41) is 7.17. The number of nitrogens with one attached hydrogen (secondary N) is 1. The van der Waals surface area contributed by atoms with E-state index in [1.807, 2.05) is 30.3 Å². The quantitative estimate of drug-likeness (QED) is 0.680. The average Bonchev–Trinajstić information content (AvgIpc) is 2.91. The number of carbonyl (C=O) groups is 1. The first-order valence-corrected chi connectivity index (χ1v) is 7.08. The Morgan fingerprint density at radius 1 is 1.24 bits per heavy atom. The summed E-state index contributed by atoms with van der Waals surface area (Å²) in [5.74, 6) is 1.01. The van der Waals surface area contributed by atoms with Gasteiger partial charge in [0.1, 0.15) is 0 Å². The number of hydrogen-bond acceptors (Lipinski definition) is 5. The van der Waals surface area contributed by atoms with Gasteiger partial charge >= 0.3 is 0 Å². The molecule has 1 amide bonds. The van der Waals surface area contributed by atoms with Crippen LogP contribution in [-0.4, -0.2) is 22.6 Å². The second-order valence-electron chi connectivity index (χ2n) is 4.87.